The van der Waals surface area contributed by atoms with E-state index in [9.17, 15) is 0 Å². The van der Waals surface area contributed by atoms with Gasteiger partial charge in [0.25, 0.3) is 0 Å². The van der Waals surface area contributed by atoms with E-state index < -0.39 is 0 Å². The highest BCUT2D eigenvalue weighted by Crippen LogP contribution is 2.24. The Labute approximate surface area is 65.6 Å². The number of allylic oxidation sites excluding steroid dienone is 4. The lowest BCUT2D eigenvalue weighted by atomic mass is 10.00. The maximum atomic E-state index is 8.57. The first-order valence-corrected chi connectivity index (χ1v) is 3.58. The predicted molar refractivity (Wildman–Crippen MR) is 41.5 cm³/mol. The molecule has 1 nitrogen and oxygen atoms in total. The highest BCUT2D eigenvalue weighted by atomic mass is 35.5. The van der Waals surface area contributed by atoms with Crippen LogP contribution >= 0.6 is 11.6 Å². The first-order chi connectivity index (χ1) is 4.74. The van der Waals surface area contributed by atoms with Crippen LogP contribution in [0.15, 0.2) is 22.3 Å². The molecule has 0 aromatic carbocycles. The van der Waals surface area contributed by atoms with Crippen molar-refractivity contribution < 1.29 is 0 Å². The molecule has 0 heterocycles. The first kappa shape index (κ1) is 7.37. The molecule has 52 valence electrons. The molecule has 10 heavy (non-hydrogen) atoms. The molecular formula is C8H8ClN. The van der Waals surface area contributed by atoms with E-state index in [0.29, 0.717) is 0 Å². The van der Waals surface area contributed by atoms with E-state index in [-0.39, 0.29) is 0 Å². The van der Waals surface area contributed by atoms with Gasteiger partial charge < -0.3 is 0 Å². The zero-order chi connectivity index (χ0) is 7.56. The van der Waals surface area contributed by atoms with E-state index in [0.717, 1.165) is 29.0 Å². The van der Waals surface area contributed by atoms with Crippen LogP contribution in [-0.4, -0.2) is 0 Å². The molecule has 0 aliphatic heterocycles. The van der Waals surface area contributed by atoms with Crippen molar-refractivity contribution in [3.05, 3.63) is 22.3 Å². The molecule has 0 atom stereocenters. The average molecular weight is 154 g/mol. The van der Waals surface area contributed by atoms with Crippen molar-refractivity contribution in [3.8, 4) is 6.07 Å². The van der Waals surface area contributed by atoms with Crippen LogP contribution in [0.25, 0.3) is 0 Å². The van der Waals surface area contributed by atoms with Gasteiger partial charge in [-0.1, -0.05) is 11.6 Å². The van der Waals surface area contributed by atoms with Gasteiger partial charge in [0.15, 0.2) is 0 Å². The maximum Gasteiger partial charge on any atom is 0.0949 e. The van der Waals surface area contributed by atoms with Gasteiger partial charge in [-0.3, -0.25) is 0 Å². The Bertz CT molecular complexity index is 242. The summed E-state index contributed by atoms with van der Waals surface area (Å²) in [5.41, 5.74) is 1.88. The average Bonchev–Trinajstić information content (AvgIpc) is 1.88. The molecule has 0 aromatic rings. The van der Waals surface area contributed by atoms with Crippen molar-refractivity contribution in [2.45, 2.75) is 19.8 Å². The third kappa shape index (κ3) is 1.40. The monoisotopic (exact) mass is 153 g/mol. The van der Waals surface area contributed by atoms with Gasteiger partial charge in [-0.2, -0.15) is 5.26 Å². The molecule has 0 amide bonds. The zero-order valence-electron chi connectivity index (χ0n) is 5.82. The molecule has 0 bridgehead atoms. The predicted octanol–water partition coefficient (Wildman–Crippen LogP) is 2.74. The van der Waals surface area contributed by atoms with Gasteiger partial charge in [0.2, 0.25) is 0 Å². The van der Waals surface area contributed by atoms with E-state index >= 15 is 0 Å². The molecule has 2 heteroatoms. The van der Waals surface area contributed by atoms with Crippen LogP contribution in [-0.2, 0) is 0 Å². The van der Waals surface area contributed by atoms with Crippen LogP contribution in [0.3, 0.4) is 0 Å². The van der Waals surface area contributed by atoms with Crippen molar-refractivity contribution in [1.82, 2.24) is 0 Å². The lowest BCUT2D eigenvalue weighted by Gasteiger charge is -2.07. The molecule has 0 saturated heterocycles. The minimum absolute atomic E-state index is 0.803. The molecule has 1 aliphatic carbocycles. The van der Waals surface area contributed by atoms with E-state index in [1.165, 1.54) is 0 Å². The van der Waals surface area contributed by atoms with Crippen LogP contribution in [0.1, 0.15) is 19.8 Å². The van der Waals surface area contributed by atoms with Crippen LogP contribution in [0.5, 0.6) is 0 Å². The second-order valence-corrected chi connectivity index (χ2v) is 2.85. The molecule has 0 unspecified atom stereocenters. The smallest absolute Gasteiger partial charge is 0.0949 e. The Morgan fingerprint density at radius 1 is 1.60 bits per heavy atom. The Kier molecular flexibility index (Phi) is 2.13. The number of nitrogens with zero attached hydrogens (tertiary/aromatic N) is 1. The molecule has 1 rings (SSSR count). The van der Waals surface area contributed by atoms with E-state index in [1.54, 1.807) is 0 Å². The summed E-state index contributed by atoms with van der Waals surface area (Å²) in [7, 11) is 0. The van der Waals surface area contributed by atoms with Crippen LogP contribution in [0.2, 0.25) is 0 Å². The first-order valence-electron chi connectivity index (χ1n) is 3.20. The fourth-order valence-electron chi connectivity index (χ4n) is 0.980. The summed E-state index contributed by atoms with van der Waals surface area (Å²) in [5.74, 6) is 0. The summed E-state index contributed by atoms with van der Waals surface area (Å²) < 4.78 is 0. The number of hydrogen-bond donors (Lipinski definition) is 0. The van der Waals surface area contributed by atoms with Crippen LogP contribution in [0.4, 0.5) is 0 Å². The summed E-state index contributed by atoms with van der Waals surface area (Å²) in [6.07, 6.45) is 3.49. The maximum absolute atomic E-state index is 8.57. The second kappa shape index (κ2) is 2.90. The van der Waals surface area contributed by atoms with Crippen molar-refractivity contribution >= 4 is 11.6 Å². The van der Waals surface area contributed by atoms with Crippen molar-refractivity contribution in [2.24, 2.45) is 0 Å². The minimum Gasteiger partial charge on any atom is -0.193 e. The van der Waals surface area contributed by atoms with Crippen LogP contribution < -0.4 is 0 Å². The van der Waals surface area contributed by atoms with Crippen molar-refractivity contribution in [2.75, 3.05) is 0 Å². The quantitative estimate of drug-likeness (QED) is 0.525. The highest BCUT2D eigenvalue weighted by Gasteiger charge is 2.07. The van der Waals surface area contributed by atoms with Gasteiger partial charge in [-0.25, -0.2) is 0 Å². The SMILES string of the molecule is CC1=C(C#N)CCC(Cl)=C1. The summed E-state index contributed by atoms with van der Waals surface area (Å²) in [6.45, 7) is 1.92. The molecule has 0 spiro atoms. The van der Waals surface area contributed by atoms with E-state index in [4.69, 9.17) is 16.9 Å². The number of halogens is 1. The number of nitriles is 1. The van der Waals surface area contributed by atoms with Gasteiger partial charge in [0, 0.05) is 10.6 Å². The molecule has 1 aliphatic rings. The topological polar surface area (TPSA) is 23.8 Å². The van der Waals surface area contributed by atoms with E-state index in [1.807, 2.05) is 13.0 Å². The summed E-state index contributed by atoms with van der Waals surface area (Å²) in [5, 5.41) is 9.43. The summed E-state index contributed by atoms with van der Waals surface area (Å²) in [6, 6.07) is 2.15. The Morgan fingerprint density at radius 3 is 2.80 bits per heavy atom. The fourth-order valence-corrected chi connectivity index (χ4v) is 1.24. The van der Waals surface area contributed by atoms with E-state index in [2.05, 4.69) is 6.07 Å². The Balaban J connectivity index is 2.93. The molecule has 0 N–H and O–H groups in total. The standard InChI is InChI=1S/C8H8ClN/c1-6-4-8(9)3-2-7(6)5-10/h4H,2-3H2,1H3. The zero-order valence-corrected chi connectivity index (χ0v) is 6.57. The minimum atomic E-state index is 0.803. The molecule has 0 saturated carbocycles. The third-order valence-electron chi connectivity index (χ3n) is 1.60. The molecule has 0 aromatic heterocycles. The Hall–Kier alpha value is -0.740. The Morgan fingerprint density at radius 2 is 2.30 bits per heavy atom. The molecule has 0 radical (unpaired) electrons. The molecular weight excluding hydrogens is 146 g/mol. The summed E-state index contributed by atoms with van der Waals surface area (Å²) >= 11 is 5.75. The highest BCUT2D eigenvalue weighted by molar-refractivity contribution is 6.29. The van der Waals surface area contributed by atoms with Crippen molar-refractivity contribution in [1.29, 1.82) is 5.26 Å². The fraction of sp³-hybridized carbons (Fsp3) is 0.375. The second-order valence-electron chi connectivity index (χ2n) is 2.36. The summed E-state index contributed by atoms with van der Waals surface area (Å²) in [4.78, 5) is 0. The molecule has 0 fully saturated rings. The van der Waals surface area contributed by atoms with Gasteiger partial charge in [-0.05, 0) is 31.4 Å². The van der Waals surface area contributed by atoms with Gasteiger partial charge in [0.05, 0.1) is 6.07 Å². The van der Waals surface area contributed by atoms with Crippen molar-refractivity contribution in [3.63, 3.8) is 0 Å². The number of rotatable bonds is 0. The van der Waals surface area contributed by atoms with Gasteiger partial charge in [-0.15, -0.1) is 0 Å². The van der Waals surface area contributed by atoms with Crippen LogP contribution in [0, 0.1) is 11.3 Å². The largest absolute Gasteiger partial charge is 0.193 e. The number of hydrogen-bond acceptors (Lipinski definition) is 1. The lowest BCUT2D eigenvalue weighted by molar-refractivity contribution is 0.957. The van der Waals surface area contributed by atoms with Gasteiger partial charge >= 0.3 is 0 Å². The third-order valence-corrected chi connectivity index (χ3v) is 1.90. The van der Waals surface area contributed by atoms with Gasteiger partial charge in [0.1, 0.15) is 0 Å². The lowest BCUT2D eigenvalue weighted by Crippen LogP contribution is -1.91. The normalized spacial score (nSPS) is 18.3.